The van der Waals surface area contributed by atoms with Gasteiger partial charge in [-0.1, -0.05) is 43.2 Å². The average Bonchev–Trinajstić information content (AvgIpc) is 3.16. The van der Waals surface area contributed by atoms with Crippen LogP contribution in [0.2, 0.25) is 0 Å². The summed E-state index contributed by atoms with van der Waals surface area (Å²) in [5.74, 6) is -0.887. The van der Waals surface area contributed by atoms with Crippen LogP contribution in [0.25, 0.3) is 17.0 Å². The summed E-state index contributed by atoms with van der Waals surface area (Å²) in [4.78, 5) is 41.6. The summed E-state index contributed by atoms with van der Waals surface area (Å²) < 4.78 is 15.4. The van der Waals surface area contributed by atoms with E-state index in [4.69, 9.17) is 0 Å². The van der Waals surface area contributed by atoms with Crippen LogP contribution in [-0.4, -0.2) is 51.1 Å². The summed E-state index contributed by atoms with van der Waals surface area (Å²) in [6.45, 7) is 1.69. The van der Waals surface area contributed by atoms with Crippen LogP contribution in [0.3, 0.4) is 0 Å². The summed E-state index contributed by atoms with van der Waals surface area (Å²) in [7, 11) is 0. The van der Waals surface area contributed by atoms with Crippen LogP contribution >= 0.6 is 11.8 Å². The molecular formula is C27H26FN3O3S. The topological polar surface area (TPSA) is 62.6 Å². The Kier molecular flexibility index (Phi) is 6.72. The van der Waals surface area contributed by atoms with E-state index in [0.29, 0.717) is 24.5 Å². The molecule has 8 heteroatoms. The quantitative estimate of drug-likeness (QED) is 0.457. The van der Waals surface area contributed by atoms with Crippen molar-refractivity contribution in [3.63, 3.8) is 0 Å². The molecule has 0 atom stereocenters. The molecule has 5 rings (SSSR count). The number of para-hydroxylation sites is 1. The number of likely N-dealkylation sites (tertiary alicyclic amines) is 1. The van der Waals surface area contributed by atoms with Gasteiger partial charge in [0, 0.05) is 42.3 Å². The van der Waals surface area contributed by atoms with Gasteiger partial charge in [-0.05, 0) is 54.4 Å². The lowest BCUT2D eigenvalue weighted by molar-refractivity contribution is -0.135. The number of halogens is 1. The highest BCUT2D eigenvalue weighted by molar-refractivity contribution is 8.18. The second kappa shape index (κ2) is 10.1. The molecule has 2 aromatic carbocycles. The molecule has 0 saturated carbocycles. The maximum absolute atomic E-state index is 13.3. The lowest BCUT2D eigenvalue weighted by atomic mass is 10.1. The minimum Gasteiger partial charge on any atom is -0.342 e. The summed E-state index contributed by atoms with van der Waals surface area (Å²) in [6.07, 6.45) is 7.77. The summed E-state index contributed by atoms with van der Waals surface area (Å²) in [6, 6.07) is 14.2. The number of thioether (sulfide) groups is 1. The van der Waals surface area contributed by atoms with Crippen LogP contribution in [0.1, 0.15) is 36.8 Å². The molecule has 0 spiro atoms. The van der Waals surface area contributed by atoms with E-state index in [1.807, 2.05) is 35.0 Å². The predicted octanol–water partition coefficient (Wildman–Crippen LogP) is 5.27. The van der Waals surface area contributed by atoms with Crippen molar-refractivity contribution in [2.45, 2.75) is 32.2 Å². The Morgan fingerprint density at radius 3 is 2.43 bits per heavy atom. The number of hydrogen-bond acceptors (Lipinski definition) is 4. The molecule has 2 saturated heterocycles. The second-order valence-electron chi connectivity index (χ2n) is 8.92. The zero-order valence-corrected chi connectivity index (χ0v) is 20.1. The molecule has 0 radical (unpaired) electrons. The Morgan fingerprint density at radius 2 is 1.69 bits per heavy atom. The van der Waals surface area contributed by atoms with E-state index >= 15 is 0 Å². The van der Waals surface area contributed by atoms with Gasteiger partial charge in [0.05, 0.1) is 4.91 Å². The number of nitrogens with zero attached hydrogens (tertiary/aromatic N) is 3. The van der Waals surface area contributed by atoms with E-state index < -0.39 is 11.1 Å². The number of hydrogen-bond donors (Lipinski definition) is 0. The van der Waals surface area contributed by atoms with Gasteiger partial charge in [-0.2, -0.15) is 0 Å². The third-order valence-electron chi connectivity index (χ3n) is 6.50. The highest BCUT2D eigenvalue weighted by Crippen LogP contribution is 2.34. The molecule has 180 valence electrons. The minimum atomic E-state index is -0.432. The van der Waals surface area contributed by atoms with Gasteiger partial charge in [-0.25, -0.2) is 4.39 Å². The van der Waals surface area contributed by atoms with Crippen molar-refractivity contribution in [1.82, 2.24) is 14.4 Å². The number of fused-ring (bicyclic) bond motifs is 1. The number of carbonyl (C=O) groups excluding carboxylic acids is 3. The largest absolute Gasteiger partial charge is 0.342 e. The molecule has 3 heterocycles. The number of rotatable bonds is 5. The molecule has 0 aliphatic carbocycles. The second-order valence-corrected chi connectivity index (χ2v) is 9.91. The average molecular weight is 492 g/mol. The Hall–Kier alpha value is -3.39. The molecule has 6 nitrogen and oxygen atoms in total. The van der Waals surface area contributed by atoms with Crippen LogP contribution in [0, 0.1) is 5.82 Å². The normalized spacial score (nSPS) is 18.0. The number of carbonyl (C=O) groups is 3. The van der Waals surface area contributed by atoms with Crippen molar-refractivity contribution in [3.8, 4) is 0 Å². The number of amides is 3. The molecule has 0 bridgehead atoms. The van der Waals surface area contributed by atoms with Crippen LogP contribution in [0.4, 0.5) is 9.18 Å². The van der Waals surface area contributed by atoms with Crippen molar-refractivity contribution in [2.75, 3.05) is 19.6 Å². The van der Waals surface area contributed by atoms with Crippen LogP contribution in [0.5, 0.6) is 0 Å². The van der Waals surface area contributed by atoms with Gasteiger partial charge in [-0.15, -0.1) is 0 Å². The van der Waals surface area contributed by atoms with E-state index in [2.05, 4.69) is 0 Å². The fourth-order valence-corrected chi connectivity index (χ4v) is 5.47. The summed E-state index contributed by atoms with van der Waals surface area (Å²) in [5.41, 5.74) is 2.73. The zero-order valence-electron chi connectivity index (χ0n) is 19.3. The number of imide groups is 1. The van der Waals surface area contributed by atoms with Crippen LogP contribution in [0.15, 0.2) is 59.6 Å². The third kappa shape index (κ3) is 5.03. The molecule has 3 aromatic rings. The fourth-order valence-electron chi connectivity index (χ4n) is 4.64. The zero-order chi connectivity index (χ0) is 24.4. The lowest BCUT2D eigenvalue weighted by Gasteiger charge is -2.22. The van der Waals surface area contributed by atoms with Gasteiger partial charge < -0.3 is 9.47 Å². The Bertz CT molecular complexity index is 1310. The predicted molar refractivity (Wildman–Crippen MR) is 135 cm³/mol. The van der Waals surface area contributed by atoms with Crippen molar-refractivity contribution in [1.29, 1.82) is 0 Å². The first-order valence-corrected chi connectivity index (χ1v) is 12.7. The molecule has 3 amide bonds. The molecule has 2 fully saturated rings. The van der Waals surface area contributed by atoms with Crippen LogP contribution in [-0.2, 0) is 16.1 Å². The first kappa shape index (κ1) is 23.4. The molecular weight excluding hydrogens is 465 g/mol. The van der Waals surface area contributed by atoms with E-state index in [9.17, 15) is 18.8 Å². The van der Waals surface area contributed by atoms with E-state index in [0.717, 1.165) is 64.4 Å². The van der Waals surface area contributed by atoms with Gasteiger partial charge in [0.15, 0.2) is 0 Å². The van der Waals surface area contributed by atoms with Crippen LogP contribution < -0.4 is 0 Å². The lowest BCUT2D eigenvalue weighted by Crippen LogP contribution is -2.42. The van der Waals surface area contributed by atoms with E-state index in [1.165, 1.54) is 12.1 Å². The van der Waals surface area contributed by atoms with Gasteiger partial charge in [0.1, 0.15) is 12.4 Å². The maximum atomic E-state index is 13.3. The number of aromatic nitrogens is 1. The molecule has 0 N–H and O–H groups in total. The summed E-state index contributed by atoms with van der Waals surface area (Å²) in [5, 5.41) is 0.529. The van der Waals surface area contributed by atoms with Crippen molar-refractivity contribution in [3.05, 3.63) is 76.6 Å². The van der Waals surface area contributed by atoms with Gasteiger partial charge in [0.25, 0.3) is 11.1 Å². The molecule has 2 aliphatic rings. The highest BCUT2D eigenvalue weighted by Gasteiger charge is 2.37. The van der Waals surface area contributed by atoms with Crippen molar-refractivity contribution in [2.24, 2.45) is 0 Å². The van der Waals surface area contributed by atoms with Crippen molar-refractivity contribution < 1.29 is 18.8 Å². The Labute approximate surface area is 207 Å². The van der Waals surface area contributed by atoms with Crippen molar-refractivity contribution >= 4 is 45.8 Å². The minimum absolute atomic E-state index is 0.175. The molecule has 2 aliphatic heterocycles. The monoisotopic (exact) mass is 491 g/mol. The first-order chi connectivity index (χ1) is 17.0. The van der Waals surface area contributed by atoms with E-state index in [1.54, 1.807) is 23.1 Å². The fraction of sp³-hybridized carbons (Fsp3) is 0.296. The molecule has 0 unspecified atom stereocenters. The smallest absolute Gasteiger partial charge is 0.294 e. The SMILES string of the molecule is O=C(CN1C(=O)SC(=Cc2cn(Cc3ccc(F)cc3)c3ccccc23)C1=O)N1CCCCCC1. The molecule has 35 heavy (non-hydrogen) atoms. The third-order valence-corrected chi connectivity index (χ3v) is 7.41. The highest BCUT2D eigenvalue weighted by atomic mass is 32.2. The van der Waals surface area contributed by atoms with Gasteiger partial charge in [0.2, 0.25) is 5.91 Å². The van der Waals surface area contributed by atoms with Gasteiger partial charge in [-0.3, -0.25) is 19.3 Å². The first-order valence-electron chi connectivity index (χ1n) is 11.8. The Morgan fingerprint density at radius 1 is 0.971 bits per heavy atom. The Balaban J connectivity index is 1.38. The standard InChI is InChI=1S/C27H26FN3O3S/c28-21-11-9-19(10-12-21)16-30-17-20(22-7-3-4-8-23(22)30)15-24-26(33)31(27(34)35-24)18-25(32)29-13-5-1-2-6-14-29/h3-4,7-12,15,17H,1-2,5-6,13-14,16,18H2. The van der Waals surface area contributed by atoms with Gasteiger partial charge >= 0.3 is 0 Å². The van der Waals surface area contributed by atoms with E-state index in [-0.39, 0.29) is 18.3 Å². The maximum Gasteiger partial charge on any atom is 0.294 e. The summed E-state index contributed by atoms with van der Waals surface area (Å²) >= 11 is 0.870. The number of benzene rings is 2. The molecule has 1 aromatic heterocycles.